The maximum Gasteiger partial charge on any atom is 0.219 e. The van der Waals surface area contributed by atoms with Crippen LogP contribution in [0.3, 0.4) is 0 Å². The fourth-order valence-corrected chi connectivity index (χ4v) is 4.50. The lowest BCUT2D eigenvalue weighted by Crippen LogP contribution is -2.53. The first-order valence-electron chi connectivity index (χ1n) is 9.55. The number of halogens is 1. The van der Waals surface area contributed by atoms with E-state index in [0.29, 0.717) is 17.1 Å². The third-order valence-electron chi connectivity index (χ3n) is 5.81. The minimum Gasteiger partial charge on any atom is -0.365 e. The number of anilines is 1. The predicted octanol–water partition coefficient (Wildman–Crippen LogP) is 2.45. The number of pyridine rings is 1. The summed E-state index contributed by atoms with van der Waals surface area (Å²) >= 11 is 6.46. The minimum atomic E-state index is 0.133. The summed E-state index contributed by atoms with van der Waals surface area (Å²) < 4.78 is 0. The molecule has 6 nitrogen and oxygen atoms in total. The van der Waals surface area contributed by atoms with Gasteiger partial charge in [-0.15, -0.1) is 0 Å². The predicted molar refractivity (Wildman–Crippen MR) is 104 cm³/mol. The van der Waals surface area contributed by atoms with E-state index >= 15 is 0 Å². The highest BCUT2D eigenvalue weighted by atomic mass is 35.5. The van der Waals surface area contributed by atoms with Crippen LogP contribution in [0.1, 0.15) is 45.1 Å². The summed E-state index contributed by atoms with van der Waals surface area (Å²) in [4.78, 5) is 25.2. The van der Waals surface area contributed by atoms with Gasteiger partial charge in [0.1, 0.15) is 11.7 Å². The van der Waals surface area contributed by atoms with Gasteiger partial charge in [0.05, 0.1) is 11.1 Å². The second-order valence-electron chi connectivity index (χ2n) is 7.61. The lowest BCUT2D eigenvalue weighted by molar-refractivity contribution is -0.129. The van der Waals surface area contributed by atoms with E-state index in [9.17, 15) is 4.79 Å². The summed E-state index contributed by atoms with van der Waals surface area (Å²) in [7, 11) is 0. The van der Waals surface area contributed by atoms with Gasteiger partial charge in [0.15, 0.2) is 0 Å². The monoisotopic (exact) mass is 375 g/mol. The van der Waals surface area contributed by atoms with E-state index in [2.05, 4.69) is 22.1 Å². The molecule has 1 saturated carbocycles. The Morgan fingerprint density at radius 1 is 1.31 bits per heavy atom. The quantitative estimate of drug-likeness (QED) is 0.862. The number of amides is 1. The highest BCUT2D eigenvalue weighted by Gasteiger charge is 2.32. The van der Waals surface area contributed by atoms with Crippen molar-refractivity contribution in [3.05, 3.63) is 22.8 Å². The molecule has 7 heteroatoms. The van der Waals surface area contributed by atoms with Crippen LogP contribution < -0.4 is 10.2 Å². The third-order valence-corrected chi connectivity index (χ3v) is 6.11. The van der Waals surface area contributed by atoms with Crippen LogP contribution in [-0.2, 0) is 4.79 Å². The first kappa shape index (κ1) is 17.6. The number of aromatic nitrogens is 1. The summed E-state index contributed by atoms with van der Waals surface area (Å²) in [6, 6.07) is 3.09. The molecule has 140 valence electrons. The number of hydrogen-bond donors (Lipinski definition) is 1. The highest BCUT2D eigenvalue weighted by Crippen LogP contribution is 2.29. The largest absolute Gasteiger partial charge is 0.365 e. The number of piperazine rings is 1. The van der Waals surface area contributed by atoms with Gasteiger partial charge in [-0.3, -0.25) is 9.79 Å². The molecule has 2 aliphatic heterocycles. The summed E-state index contributed by atoms with van der Waals surface area (Å²) in [6.45, 7) is 5.98. The number of carbonyl (C=O) groups is 1. The van der Waals surface area contributed by atoms with Gasteiger partial charge in [-0.1, -0.05) is 24.4 Å². The van der Waals surface area contributed by atoms with Crippen LogP contribution >= 0.6 is 11.6 Å². The number of hydrogen-bond acceptors (Lipinski definition) is 5. The number of nitrogens with zero attached hydrogens (tertiary/aromatic N) is 4. The van der Waals surface area contributed by atoms with Crippen LogP contribution in [0, 0.1) is 0 Å². The van der Waals surface area contributed by atoms with Crippen molar-refractivity contribution in [2.75, 3.05) is 24.5 Å². The second kappa shape index (κ2) is 7.06. The highest BCUT2D eigenvalue weighted by molar-refractivity contribution is 6.34. The van der Waals surface area contributed by atoms with Gasteiger partial charge in [-0.05, 0) is 25.8 Å². The molecule has 1 saturated heterocycles. The van der Waals surface area contributed by atoms with Crippen molar-refractivity contribution < 1.29 is 4.79 Å². The molecule has 3 heterocycles. The average Bonchev–Trinajstić information content (AvgIpc) is 3.06. The lowest BCUT2D eigenvalue weighted by Gasteiger charge is -2.40. The molecule has 0 radical (unpaired) electrons. The van der Waals surface area contributed by atoms with E-state index in [1.54, 1.807) is 13.1 Å². The Kier molecular flexibility index (Phi) is 4.78. The van der Waals surface area contributed by atoms with Gasteiger partial charge in [0.25, 0.3) is 0 Å². The lowest BCUT2D eigenvalue weighted by atomic mass is 9.92. The van der Waals surface area contributed by atoms with Gasteiger partial charge in [-0.25, -0.2) is 4.98 Å². The molecule has 26 heavy (non-hydrogen) atoms. The molecule has 1 aromatic heterocycles. The molecule has 2 fully saturated rings. The Morgan fingerprint density at radius 2 is 2.12 bits per heavy atom. The Labute approximate surface area is 159 Å². The molecule has 4 rings (SSSR count). The Hall–Kier alpha value is -1.82. The molecule has 0 bridgehead atoms. The second-order valence-corrected chi connectivity index (χ2v) is 8.02. The van der Waals surface area contributed by atoms with Gasteiger partial charge < -0.3 is 15.1 Å². The van der Waals surface area contributed by atoms with E-state index in [4.69, 9.17) is 16.6 Å². The van der Waals surface area contributed by atoms with Gasteiger partial charge in [0.2, 0.25) is 5.91 Å². The van der Waals surface area contributed by atoms with Crippen molar-refractivity contribution in [1.29, 1.82) is 0 Å². The Morgan fingerprint density at radius 3 is 2.85 bits per heavy atom. The smallest absolute Gasteiger partial charge is 0.219 e. The van der Waals surface area contributed by atoms with Crippen molar-refractivity contribution in [3.63, 3.8) is 0 Å². The zero-order chi connectivity index (χ0) is 18.3. The van der Waals surface area contributed by atoms with E-state index in [1.807, 2.05) is 11.0 Å². The van der Waals surface area contributed by atoms with Crippen molar-refractivity contribution in [2.45, 2.75) is 57.7 Å². The number of carbonyl (C=O) groups excluding carboxylic acids is 1. The first-order chi connectivity index (χ1) is 12.5. The van der Waals surface area contributed by atoms with E-state index in [1.165, 1.54) is 19.3 Å². The standard InChI is InChI=1S/C19H26ClN5O/c1-12-11-24(13(2)26)7-8-25(12)18-9-14(15(20)10-21-18)19-22-16-5-3-4-6-17(16)23-19/h9-10,12,16-17H,3-8,11H2,1-2H3,(H,22,23). The number of fused-ring (bicyclic) bond motifs is 1. The fourth-order valence-electron chi connectivity index (χ4n) is 4.31. The van der Waals surface area contributed by atoms with Gasteiger partial charge in [-0.2, -0.15) is 0 Å². The van der Waals surface area contributed by atoms with Crippen LogP contribution in [0.5, 0.6) is 0 Å². The summed E-state index contributed by atoms with van der Waals surface area (Å²) in [6.07, 6.45) is 6.58. The van der Waals surface area contributed by atoms with E-state index in [-0.39, 0.29) is 11.9 Å². The molecule has 3 aliphatic rings. The molecule has 1 aromatic rings. The maximum atomic E-state index is 11.6. The van der Waals surface area contributed by atoms with Gasteiger partial charge in [0, 0.05) is 50.4 Å². The van der Waals surface area contributed by atoms with Crippen molar-refractivity contribution in [3.8, 4) is 0 Å². The Bertz CT molecular complexity index is 737. The Balaban J connectivity index is 1.56. The third kappa shape index (κ3) is 3.27. The number of aliphatic imine (C=N–C) groups is 1. The molecule has 0 aromatic carbocycles. The van der Waals surface area contributed by atoms with E-state index in [0.717, 1.165) is 43.3 Å². The summed E-state index contributed by atoms with van der Waals surface area (Å²) in [5.74, 6) is 1.94. The van der Waals surface area contributed by atoms with Crippen LogP contribution in [0.4, 0.5) is 5.82 Å². The molecule has 1 N–H and O–H groups in total. The molecular formula is C19H26ClN5O. The maximum absolute atomic E-state index is 11.6. The number of amidine groups is 1. The average molecular weight is 376 g/mol. The topological polar surface area (TPSA) is 60.8 Å². The molecule has 0 spiro atoms. The van der Waals surface area contributed by atoms with Crippen molar-refractivity contribution >= 4 is 29.2 Å². The summed E-state index contributed by atoms with van der Waals surface area (Å²) in [5.41, 5.74) is 0.937. The van der Waals surface area contributed by atoms with Crippen LogP contribution in [0.25, 0.3) is 0 Å². The zero-order valence-corrected chi connectivity index (χ0v) is 16.2. The molecule has 1 aliphatic carbocycles. The normalized spacial score (nSPS) is 28.4. The van der Waals surface area contributed by atoms with Crippen LogP contribution in [-0.4, -0.2) is 59.4 Å². The molecule has 3 unspecified atom stereocenters. The summed E-state index contributed by atoms with van der Waals surface area (Å²) in [5, 5.41) is 4.21. The fraction of sp³-hybridized carbons (Fsp3) is 0.632. The van der Waals surface area contributed by atoms with Crippen molar-refractivity contribution in [2.24, 2.45) is 4.99 Å². The first-order valence-corrected chi connectivity index (χ1v) is 9.93. The number of rotatable bonds is 2. The molecule has 1 amide bonds. The molecule has 3 atom stereocenters. The SMILES string of the molecule is CC(=O)N1CCN(c2cc(C3=NC4CCCCC4N3)c(Cl)cn2)C(C)C1. The zero-order valence-electron chi connectivity index (χ0n) is 15.4. The van der Waals surface area contributed by atoms with Crippen molar-refractivity contribution in [1.82, 2.24) is 15.2 Å². The molecular weight excluding hydrogens is 350 g/mol. The van der Waals surface area contributed by atoms with Crippen LogP contribution in [0.15, 0.2) is 17.3 Å². The minimum absolute atomic E-state index is 0.133. The van der Waals surface area contributed by atoms with E-state index < -0.39 is 0 Å². The number of nitrogens with one attached hydrogen (secondary N) is 1. The van der Waals surface area contributed by atoms with Gasteiger partial charge >= 0.3 is 0 Å². The van der Waals surface area contributed by atoms with Crippen LogP contribution in [0.2, 0.25) is 5.02 Å².